The van der Waals surface area contributed by atoms with E-state index in [1.807, 2.05) is 18.7 Å². The summed E-state index contributed by atoms with van der Waals surface area (Å²) in [7, 11) is 0. The third kappa shape index (κ3) is 4.03. The van der Waals surface area contributed by atoms with Crippen molar-refractivity contribution in [2.24, 2.45) is 0 Å². The second-order valence-electron chi connectivity index (χ2n) is 4.28. The van der Waals surface area contributed by atoms with Crippen LogP contribution in [0.4, 0.5) is 0 Å². The van der Waals surface area contributed by atoms with Gasteiger partial charge in [0, 0.05) is 17.8 Å². The molecule has 1 aliphatic rings. The first-order valence-electron chi connectivity index (χ1n) is 5.70. The van der Waals surface area contributed by atoms with Crippen molar-refractivity contribution < 1.29 is 4.79 Å². The number of hydrogen-bond donors (Lipinski definition) is 2. The van der Waals surface area contributed by atoms with Gasteiger partial charge in [0.2, 0.25) is 5.91 Å². The largest absolute Gasteiger partial charge is 0.355 e. The lowest BCUT2D eigenvalue weighted by molar-refractivity contribution is -0.122. The molecule has 15 heavy (non-hydrogen) atoms. The molecule has 0 radical (unpaired) electrons. The van der Waals surface area contributed by atoms with Crippen molar-refractivity contribution in [1.29, 1.82) is 0 Å². The Morgan fingerprint density at radius 3 is 2.67 bits per heavy atom. The van der Waals surface area contributed by atoms with Crippen molar-refractivity contribution in [3.05, 3.63) is 0 Å². The minimum absolute atomic E-state index is 0.0684. The molecule has 1 rings (SSSR count). The van der Waals surface area contributed by atoms with E-state index in [4.69, 9.17) is 0 Å². The molecule has 1 unspecified atom stereocenters. The summed E-state index contributed by atoms with van der Waals surface area (Å²) in [4.78, 5) is 11.5. The lowest BCUT2D eigenvalue weighted by atomic mass is 10.3. The van der Waals surface area contributed by atoms with Crippen LogP contribution in [0.25, 0.3) is 0 Å². The summed E-state index contributed by atoms with van der Waals surface area (Å²) in [5.74, 6) is 0.119. The molecule has 0 heterocycles. The van der Waals surface area contributed by atoms with Crippen LogP contribution in [0.2, 0.25) is 0 Å². The van der Waals surface area contributed by atoms with Gasteiger partial charge in [-0.15, -0.1) is 0 Å². The monoisotopic (exact) mass is 230 g/mol. The van der Waals surface area contributed by atoms with Crippen LogP contribution in [0.5, 0.6) is 0 Å². The van der Waals surface area contributed by atoms with Crippen molar-refractivity contribution in [3.63, 3.8) is 0 Å². The van der Waals surface area contributed by atoms with Gasteiger partial charge in [-0.1, -0.05) is 6.92 Å². The van der Waals surface area contributed by atoms with Crippen LogP contribution < -0.4 is 10.6 Å². The molecular formula is C11H22N2OS. The summed E-state index contributed by atoms with van der Waals surface area (Å²) in [5.41, 5.74) is 0. The van der Waals surface area contributed by atoms with Crippen LogP contribution >= 0.6 is 11.8 Å². The number of carbonyl (C=O) groups is 1. The minimum Gasteiger partial charge on any atom is -0.355 e. The molecule has 1 aliphatic carbocycles. The fourth-order valence-corrected chi connectivity index (χ4v) is 2.16. The van der Waals surface area contributed by atoms with Gasteiger partial charge in [0.1, 0.15) is 0 Å². The van der Waals surface area contributed by atoms with Crippen molar-refractivity contribution in [3.8, 4) is 0 Å². The smallest absolute Gasteiger partial charge is 0.236 e. The Balaban J connectivity index is 2.17. The van der Waals surface area contributed by atoms with Gasteiger partial charge in [-0.3, -0.25) is 4.79 Å². The van der Waals surface area contributed by atoms with Gasteiger partial charge < -0.3 is 10.6 Å². The van der Waals surface area contributed by atoms with E-state index >= 15 is 0 Å². The van der Waals surface area contributed by atoms with Gasteiger partial charge in [0.25, 0.3) is 0 Å². The van der Waals surface area contributed by atoms with Gasteiger partial charge in [0.05, 0.1) is 6.04 Å². The van der Waals surface area contributed by atoms with E-state index in [1.165, 1.54) is 12.8 Å². The molecule has 4 heteroatoms. The molecule has 0 bridgehead atoms. The molecule has 3 nitrogen and oxygen atoms in total. The van der Waals surface area contributed by atoms with Crippen LogP contribution in [0.15, 0.2) is 0 Å². The van der Waals surface area contributed by atoms with Gasteiger partial charge in [-0.2, -0.15) is 11.8 Å². The normalized spacial score (nSPS) is 19.7. The highest BCUT2D eigenvalue weighted by Crippen LogP contribution is 2.46. The predicted octanol–water partition coefficient (Wildman–Crippen LogP) is 1.39. The first kappa shape index (κ1) is 12.8. The Kier molecular flexibility index (Phi) is 4.93. The zero-order valence-electron chi connectivity index (χ0n) is 9.93. The van der Waals surface area contributed by atoms with Crippen molar-refractivity contribution in [2.75, 3.05) is 19.3 Å². The number of amides is 1. The third-order valence-electron chi connectivity index (χ3n) is 2.91. The second kappa shape index (κ2) is 5.75. The predicted molar refractivity (Wildman–Crippen MR) is 66.2 cm³/mol. The van der Waals surface area contributed by atoms with Crippen molar-refractivity contribution >= 4 is 17.7 Å². The Morgan fingerprint density at radius 2 is 2.20 bits per heavy atom. The standard InChI is InChI=1S/C11H22N2OS/c1-4-7-12-10(14)9(2)13-8-11(15-3)5-6-11/h9,13H,4-8H2,1-3H3,(H,12,14). The number of hydrogen-bond acceptors (Lipinski definition) is 3. The topological polar surface area (TPSA) is 41.1 Å². The Morgan fingerprint density at radius 1 is 1.53 bits per heavy atom. The second-order valence-corrected chi connectivity index (χ2v) is 5.56. The van der Waals surface area contributed by atoms with Crippen molar-refractivity contribution in [2.45, 2.75) is 43.9 Å². The molecule has 1 atom stereocenters. The fourth-order valence-electron chi connectivity index (χ4n) is 1.43. The maximum absolute atomic E-state index is 11.5. The highest BCUT2D eigenvalue weighted by molar-refractivity contribution is 8.00. The van der Waals surface area contributed by atoms with Gasteiger partial charge in [-0.25, -0.2) is 0 Å². The molecule has 0 saturated heterocycles. The summed E-state index contributed by atoms with van der Waals surface area (Å²) in [6.07, 6.45) is 5.71. The maximum atomic E-state index is 11.5. The highest BCUT2D eigenvalue weighted by Gasteiger charge is 2.41. The molecule has 0 aliphatic heterocycles. The molecule has 1 saturated carbocycles. The van der Waals surface area contributed by atoms with E-state index in [-0.39, 0.29) is 11.9 Å². The fraction of sp³-hybridized carbons (Fsp3) is 0.909. The van der Waals surface area contributed by atoms with E-state index in [1.54, 1.807) is 0 Å². The first-order valence-corrected chi connectivity index (χ1v) is 6.92. The van der Waals surface area contributed by atoms with E-state index in [0.29, 0.717) is 4.75 Å². The van der Waals surface area contributed by atoms with Crippen LogP contribution in [0, 0.1) is 0 Å². The molecule has 1 amide bonds. The zero-order valence-corrected chi connectivity index (χ0v) is 10.7. The lowest BCUT2D eigenvalue weighted by Gasteiger charge is -2.18. The molecule has 0 spiro atoms. The third-order valence-corrected chi connectivity index (χ3v) is 4.33. The number of carbonyl (C=O) groups excluding carboxylic acids is 1. The van der Waals surface area contributed by atoms with Gasteiger partial charge in [-0.05, 0) is 32.4 Å². The van der Waals surface area contributed by atoms with E-state index < -0.39 is 0 Å². The van der Waals surface area contributed by atoms with Crippen LogP contribution in [0.1, 0.15) is 33.1 Å². The molecular weight excluding hydrogens is 208 g/mol. The summed E-state index contributed by atoms with van der Waals surface area (Å²) in [5, 5.41) is 6.21. The number of nitrogens with one attached hydrogen (secondary N) is 2. The van der Waals surface area contributed by atoms with E-state index in [0.717, 1.165) is 19.5 Å². The average Bonchev–Trinajstić information content (AvgIpc) is 3.03. The number of rotatable bonds is 7. The quantitative estimate of drug-likeness (QED) is 0.694. The Hall–Kier alpha value is -0.220. The maximum Gasteiger partial charge on any atom is 0.236 e. The van der Waals surface area contributed by atoms with E-state index in [9.17, 15) is 4.79 Å². The Labute approximate surface area is 96.8 Å². The lowest BCUT2D eigenvalue weighted by Crippen LogP contribution is -2.44. The summed E-state index contributed by atoms with van der Waals surface area (Å²) in [6.45, 7) is 5.72. The van der Waals surface area contributed by atoms with Gasteiger partial charge in [0.15, 0.2) is 0 Å². The minimum atomic E-state index is -0.0684. The first-order chi connectivity index (χ1) is 7.13. The molecule has 0 aromatic carbocycles. The SMILES string of the molecule is CCCNC(=O)C(C)NCC1(SC)CC1. The molecule has 0 aromatic heterocycles. The summed E-state index contributed by atoms with van der Waals surface area (Å²) in [6, 6.07) is -0.0684. The Bertz CT molecular complexity index is 217. The van der Waals surface area contributed by atoms with Crippen molar-refractivity contribution in [1.82, 2.24) is 10.6 Å². The molecule has 88 valence electrons. The van der Waals surface area contributed by atoms with Crippen LogP contribution in [-0.4, -0.2) is 36.0 Å². The summed E-state index contributed by atoms with van der Waals surface area (Å²) < 4.78 is 0.430. The zero-order chi connectivity index (χ0) is 11.3. The summed E-state index contributed by atoms with van der Waals surface area (Å²) >= 11 is 1.92. The van der Waals surface area contributed by atoms with E-state index in [2.05, 4.69) is 23.8 Å². The number of thioether (sulfide) groups is 1. The van der Waals surface area contributed by atoms with Crippen LogP contribution in [0.3, 0.4) is 0 Å². The molecule has 0 aromatic rings. The molecule has 1 fully saturated rings. The highest BCUT2D eigenvalue weighted by atomic mass is 32.2. The van der Waals surface area contributed by atoms with Gasteiger partial charge >= 0.3 is 0 Å². The average molecular weight is 230 g/mol. The molecule has 2 N–H and O–H groups in total. The van der Waals surface area contributed by atoms with Crippen LogP contribution in [-0.2, 0) is 4.79 Å².